The molecule has 3 rings (SSSR count). The first-order valence-electron chi connectivity index (χ1n) is 9.64. The lowest BCUT2D eigenvalue weighted by atomic mass is 9.92. The zero-order valence-corrected chi connectivity index (χ0v) is 17.8. The molecular weight excluding hydrogens is 425 g/mol. The van der Waals surface area contributed by atoms with Gasteiger partial charge in [0.05, 0.1) is 12.1 Å². The van der Waals surface area contributed by atoms with Crippen LogP contribution in [0, 0.1) is 5.82 Å². The van der Waals surface area contributed by atoms with E-state index in [0.717, 1.165) is 22.7 Å². The number of thiazole rings is 1. The van der Waals surface area contributed by atoms with E-state index >= 15 is 0 Å². The van der Waals surface area contributed by atoms with E-state index in [1.54, 1.807) is 5.38 Å². The van der Waals surface area contributed by atoms with E-state index in [1.165, 1.54) is 31.2 Å². The molecule has 0 saturated carbocycles. The summed E-state index contributed by atoms with van der Waals surface area (Å²) in [4.78, 5) is 54.3. The summed E-state index contributed by atoms with van der Waals surface area (Å²) in [6.07, 6.45) is 0.919. The Labute approximate surface area is 182 Å². The van der Waals surface area contributed by atoms with Crippen molar-refractivity contribution in [3.63, 3.8) is 0 Å². The Kier molecular flexibility index (Phi) is 6.64. The molecule has 0 aliphatic carbocycles. The Morgan fingerprint density at radius 1 is 1.23 bits per heavy atom. The number of urea groups is 1. The molecule has 2 aromatic rings. The number of aromatic nitrogens is 1. The van der Waals surface area contributed by atoms with Crippen molar-refractivity contribution in [2.75, 3.05) is 18.4 Å². The van der Waals surface area contributed by atoms with Gasteiger partial charge < -0.3 is 16.0 Å². The molecule has 2 heterocycles. The molecule has 1 saturated heterocycles. The smallest absolute Gasteiger partial charge is 0.325 e. The van der Waals surface area contributed by atoms with Crippen LogP contribution in [0.5, 0.6) is 0 Å². The number of amides is 5. The van der Waals surface area contributed by atoms with Gasteiger partial charge in [-0.1, -0.05) is 19.1 Å². The molecule has 1 unspecified atom stereocenters. The number of hydrogen-bond acceptors (Lipinski definition) is 6. The Balaban J connectivity index is 1.60. The third-order valence-corrected chi connectivity index (χ3v) is 5.52. The summed E-state index contributed by atoms with van der Waals surface area (Å²) in [7, 11) is 0. The van der Waals surface area contributed by atoms with Gasteiger partial charge in [0, 0.05) is 11.9 Å². The topological polar surface area (TPSA) is 121 Å². The number of halogens is 1. The van der Waals surface area contributed by atoms with Gasteiger partial charge in [-0.3, -0.25) is 19.3 Å². The maximum atomic E-state index is 13.2. The van der Waals surface area contributed by atoms with Gasteiger partial charge >= 0.3 is 6.03 Å². The summed E-state index contributed by atoms with van der Waals surface area (Å²) in [5, 5.41) is 9.75. The van der Waals surface area contributed by atoms with Crippen LogP contribution in [0.1, 0.15) is 31.5 Å². The summed E-state index contributed by atoms with van der Waals surface area (Å²) in [5.41, 5.74) is -0.487. The van der Waals surface area contributed by atoms with Crippen molar-refractivity contribution >= 4 is 40.2 Å². The molecule has 31 heavy (non-hydrogen) atoms. The molecule has 1 aromatic carbocycles. The van der Waals surface area contributed by atoms with E-state index in [-0.39, 0.29) is 17.5 Å². The highest BCUT2D eigenvalue weighted by molar-refractivity contribution is 7.13. The summed E-state index contributed by atoms with van der Waals surface area (Å²) in [6, 6.07) is 4.48. The molecule has 164 valence electrons. The molecule has 0 radical (unpaired) electrons. The number of nitrogens with zero attached hydrogens (tertiary/aromatic N) is 2. The average Bonchev–Trinajstić information content (AvgIpc) is 3.24. The van der Waals surface area contributed by atoms with Crippen LogP contribution >= 0.6 is 11.3 Å². The van der Waals surface area contributed by atoms with E-state index in [9.17, 15) is 23.6 Å². The van der Waals surface area contributed by atoms with Crippen LogP contribution in [-0.2, 0) is 26.3 Å². The Bertz CT molecular complexity index is 1010. The molecule has 1 aliphatic rings. The second-order valence-corrected chi connectivity index (χ2v) is 8.03. The standard InChI is InChI=1S/C20H22FN5O4S/c1-3-8-22-15(27)9-14-11-31-18(23-14)24-16(28)10-26-17(29)20(2,25-19(26)30)12-4-6-13(21)7-5-12/h4-7,11H,3,8-10H2,1-2H3,(H,22,27)(H,25,30)(H,23,24,28). The maximum Gasteiger partial charge on any atom is 0.325 e. The summed E-state index contributed by atoms with van der Waals surface area (Å²) >= 11 is 1.14. The molecule has 9 nitrogen and oxygen atoms in total. The van der Waals surface area contributed by atoms with Crippen LogP contribution in [0.15, 0.2) is 29.6 Å². The minimum Gasteiger partial charge on any atom is -0.356 e. The maximum absolute atomic E-state index is 13.2. The van der Waals surface area contributed by atoms with E-state index in [1.807, 2.05) is 6.92 Å². The van der Waals surface area contributed by atoms with Crippen molar-refractivity contribution in [3.05, 3.63) is 46.7 Å². The van der Waals surface area contributed by atoms with Crippen molar-refractivity contribution in [3.8, 4) is 0 Å². The molecule has 3 N–H and O–H groups in total. The fourth-order valence-electron chi connectivity index (χ4n) is 3.06. The number of carbonyl (C=O) groups excluding carboxylic acids is 4. The molecule has 0 spiro atoms. The fraction of sp³-hybridized carbons (Fsp3) is 0.350. The van der Waals surface area contributed by atoms with E-state index in [4.69, 9.17) is 0 Å². The van der Waals surface area contributed by atoms with Crippen LogP contribution in [0.2, 0.25) is 0 Å². The normalized spacial score (nSPS) is 18.1. The van der Waals surface area contributed by atoms with Gasteiger partial charge in [-0.05, 0) is 31.0 Å². The Hall–Kier alpha value is -3.34. The van der Waals surface area contributed by atoms with Crippen LogP contribution in [0.25, 0.3) is 0 Å². The molecule has 1 atom stereocenters. The molecule has 0 bridgehead atoms. The molecule has 1 aromatic heterocycles. The zero-order chi connectivity index (χ0) is 22.6. The van der Waals surface area contributed by atoms with Crippen molar-refractivity contribution in [1.29, 1.82) is 0 Å². The lowest BCUT2D eigenvalue weighted by Crippen LogP contribution is -2.42. The van der Waals surface area contributed by atoms with Gasteiger partial charge in [-0.25, -0.2) is 14.2 Å². The second kappa shape index (κ2) is 9.21. The van der Waals surface area contributed by atoms with Gasteiger partial charge in [0.25, 0.3) is 5.91 Å². The largest absolute Gasteiger partial charge is 0.356 e. The van der Waals surface area contributed by atoms with Crippen LogP contribution in [-0.4, -0.2) is 46.7 Å². The number of anilines is 1. The number of benzene rings is 1. The first kappa shape index (κ1) is 22.3. The van der Waals surface area contributed by atoms with Crippen LogP contribution in [0.4, 0.5) is 14.3 Å². The van der Waals surface area contributed by atoms with Crippen molar-refractivity contribution in [2.24, 2.45) is 0 Å². The van der Waals surface area contributed by atoms with Crippen molar-refractivity contribution in [2.45, 2.75) is 32.2 Å². The molecule has 1 aliphatic heterocycles. The summed E-state index contributed by atoms with van der Waals surface area (Å²) in [6.45, 7) is 3.52. The van der Waals surface area contributed by atoms with Gasteiger partial charge in [0.1, 0.15) is 17.9 Å². The van der Waals surface area contributed by atoms with E-state index in [2.05, 4.69) is 20.9 Å². The number of imide groups is 1. The Morgan fingerprint density at radius 2 is 1.94 bits per heavy atom. The molecule has 1 fully saturated rings. The molecule has 5 amide bonds. The minimum atomic E-state index is -1.40. The lowest BCUT2D eigenvalue weighted by Gasteiger charge is -2.22. The monoisotopic (exact) mass is 447 g/mol. The number of carbonyl (C=O) groups is 4. The Morgan fingerprint density at radius 3 is 2.61 bits per heavy atom. The second-order valence-electron chi connectivity index (χ2n) is 7.17. The van der Waals surface area contributed by atoms with Crippen molar-refractivity contribution in [1.82, 2.24) is 20.5 Å². The molecule has 11 heteroatoms. The zero-order valence-electron chi connectivity index (χ0n) is 17.0. The SMILES string of the molecule is CCCNC(=O)Cc1csc(NC(=O)CN2C(=O)NC(C)(c3ccc(F)cc3)C2=O)n1. The lowest BCUT2D eigenvalue weighted by molar-refractivity contribution is -0.133. The van der Waals surface area contributed by atoms with E-state index in [0.29, 0.717) is 17.8 Å². The summed E-state index contributed by atoms with van der Waals surface area (Å²) < 4.78 is 13.2. The molecular formula is C20H22FN5O4S. The van der Waals surface area contributed by atoms with Gasteiger partial charge in [0.15, 0.2) is 5.13 Å². The fourth-order valence-corrected chi connectivity index (χ4v) is 3.79. The number of nitrogens with one attached hydrogen (secondary N) is 3. The predicted octanol–water partition coefficient (Wildman–Crippen LogP) is 1.76. The van der Waals surface area contributed by atoms with Gasteiger partial charge in [-0.2, -0.15) is 0 Å². The highest BCUT2D eigenvalue weighted by Gasteiger charge is 2.49. The average molecular weight is 447 g/mol. The van der Waals surface area contributed by atoms with Crippen LogP contribution < -0.4 is 16.0 Å². The highest BCUT2D eigenvalue weighted by atomic mass is 32.1. The van der Waals surface area contributed by atoms with Gasteiger partial charge in [0.2, 0.25) is 11.8 Å². The quantitative estimate of drug-likeness (QED) is 0.533. The number of rotatable bonds is 8. The third-order valence-electron chi connectivity index (χ3n) is 4.71. The third kappa shape index (κ3) is 5.05. The van der Waals surface area contributed by atoms with Gasteiger partial charge in [-0.15, -0.1) is 11.3 Å². The number of hydrogen-bond donors (Lipinski definition) is 3. The first-order chi connectivity index (χ1) is 14.7. The minimum absolute atomic E-state index is 0.0927. The first-order valence-corrected chi connectivity index (χ1v) is 10.5. The van der Waals surface area contributed by atoms with E-state index < -0.39 is 35.7 Å². The van der Waals surface area contributed by atoms with Crippen LogP contribution in [0.3, 0.4) is 0 Å². The summed E-state index contributed by atoms with van der Waals surface area (Å²) in [5.74, 6) is -1.86. The predicted molar refractivity (Wildman–Crippen MR) is 112 cm³/mol. The van der Waals surface area contributed by atoms with Crippen molar-refractivity contribution < 1.29 is 23.6 Å². The highest BCUT2D eigenvalue weighted by Crippen LogP contribution is 2.29.